The standard InChI is InChI=1S/C19H23ClN2O2/c1-4-17(14-8-10-15(24-3)11-9-14)21-12-19(23)22-18-7-5-6-16(20)13(18)2/h5-11,17,21H,4,12H2,1-3H3,(H,22,23). The van der Waals surface area contributed by atoms with Gasteiger partial charge in [-0.3, -0.25) is 4.79 Å². The van der Waals surface area contributed by atoms with Gasteiger partial charge in [0.05, 0.1) is 13.7 Å². The molecular weight excluding hydrogens is 324 g/mol. The lowest BCUT2D eigenvalue weighted by molar-refractivity contribution is -0.115. The summed E-state index contributed by atoms with van der Waals surface area (Å²) in [5.74, 6) is 0.732. The zero-order valence-electron chi connectivity index (χ0n) is 14.2. The van der Waals surface area contributed by atoms with Crippen LogP contribution >= 0.6 is 11.6 Å². The van der Waals surface area contributed by atoms with E-state index >= 15 is 0 Å². The normalized spacial score (nSPS) is 11.8. The van der Waals surface area contributed by atoms with Gasteiger partial charge in [0.25, 0.3) is 0 Å². The summed E-state index contributed by atoms with van der Waals surface area (Å²) in [4.78, 5) is 12.2. The summed E-state index contributed by atoms with van der Waals surface area (Å²) in [5.41, 5.74) is 2.74. The van der Waals surface area contributed by atoms with Crippen LogP contribution in [0.1, 0.15) is 30.5 Å². The average molecular weight is 347 g/mol. The minimum atomic E-state index is -0.0904. The molecule has 0 aromatic heterocycles. The quantitative estimate of drug-likeness (QED) is 0.784. The Morgan fingerprint density at radius 1 is 1.21 bits per heavy atom. The van der Waals surface area contributed by atoms with Gasteiger partial charge in [-0.05, 0) is 48.7 Å². The number of halogens is 1. The van der Waals surface area contributed by atoms with E-state index < -0.39 is 0 Å². The van der Waals surface area contributed by atoms with Gasteiger partial charge in [0.2, 0.25) is 5.91 Å². The van der Waals surface area contributed by atoms with Crippen molar-refractivity contribution in [1.82, 2.24) is 5.32 Å². The summed E-state index contributed by atoms with van der Waals surface area (Å²) < 4.78 is 5.17. The van der Waals surface area contributed by atoms with Gasteiger partial charge >= 0.3 is 0 Å². The van der Waals surface area contributed by atoms with Crippen molar-refractivity contribution in [2.24, 2.45) is 0 Å². The second-order valence-corrected chi connectivity index (χ2v) is 5.98. The van der Waals surface area contributed by atoms with Gasteiger partial charge in [-0.15, -0.1) is 0 Å². The molecule has 2 N–H and O–H groups in total. The highest BCUT2D eigenvalue weighted by atomic mass is 35.5. The Labute approximate surface area is 148 Å². The van der Waals surface area contributed by atoms with Crippen LogP contribution in [0.15, 0.2) is 42.5 Å². The van der Waals surface area contributed by atoms with Crippen molar-refractivity contribution in [2.45, 2.75) is 26.3 Å². The summed E-state index contributed by atoms with van der Waals surface area (Å²) in [6.45, 7) is 4.20. The Hall–Kier alpha value is -2.04. The fraction of sp³-hybridized carbons (Fsp3) is 0.316. The molecule has 2 rings (SSSR count). The molecule has 5 heteroatoms. The first kappa shape index (κ1) is 18.3. The van der Waals surface area contributed by atoms with Crippen molar-refractivity contribution in [2.75, 3.05) is 19.0 Å². The van der Waals surface area contributed by atoms with E-state index in [-0.39, 0.29) is 18.5 Å². The van der Waals surface area contributed by atoms with Crippen LogP contribution in [-0.4, -0.2) is 19.6 Å². The number of carbonyl (C=O) groups excluding carboxylic acids is 1. The number of carbonyl (C=O) groups is 1. The highest BCUT2D eigenvalue weighted by molar-refractivity contribution is 6.31. The van der Waals surface area contributed by atoms with Gasteiger partial charge < -0.3 is 15.4 Å². The third kappa shape index (κ3) is 4.73. The molecule has 0 radical (unpaired) electrons. The van der Waals surface area contributed by atoms with E-state index in [9.17, 15) is 4.79 Å². The summed E-state index contributed by atoms with van der Waals surface area (Å²) in [7, 11) is 1.65. The third-order valence-electron chi connectivity index (χ3n) is 3.98. The molecule has 0 saturated carbocycles. The van der Waals surface area contributed by atoms with Crippen LogP contribution in [-0.2, 0) is 4.79 Å². The van der Waals surface area contributed by atoms with Crippen LogP contribution in [0.5, 0.6) is 5.75 Å². The van der Waals surface area contributed by atoms with E-state index in [1.165, 1.54) is 0 Å². The highest BCUT2D eigenvalue weighted by Gasteiger charge is 2.12. The Balaban J connectivity index is 1.94. The van der Waals surface area contributed by atoms with Crippen molar-refractivity contribution >= 4 is 23.2 Å². The molecule has 0 bridgehead atoms. The lowest BCUT2D eigenvalue weighted by Gasteiger charge is -2.18. The van der Waals surface area contributed by atoms with Crippen LogP contribution in [0.2, 0.25) is 5.02 Å². The van der Waals surface area contributed by atoms with E-state index in [0.717, 1.165) is 29.0 Å². The smallest absolute Gasteiger partial charge is 0.238 e. The average Bonchev–Trinajstić information content (AvgIpc) is 2.60. The molecule has 0 aliphatic rings. The molecule has 24 heavy (non-hydrogen) atoms. The van der Waals surface area contributed by atoms with Crippen LogP contribution in [0.25, 0.3) is 0 Å². The maximum atomic E-state index is 12.2. The lowest BCUT2D eigenvalue weighted by Crippen LogP contribution is -2.31. The van der Waals surface area contributed by atoms with Crippen molar-refractivity contribution in [3.05, 3.63) is 58.6 Å². The van der Waals surface area contributed by atoms with Crippen LogP contribution in [0.3, 0.4) is 0 Å². The number of methoxy groups -OCH3 is 1. The topological polar surface area (TPSA) is 50.4 Å². The highest BCUT2D eigenvalue weighted by Crippen LogP contribution is 2.23. The van der Waals surface area contributed by atoms with E-state index in [4.69, 9.17) is 16.3 Å². The molecule has 1 atom stereocenters. The molecule has 2 aromatic carbocycles. The molecule has 128 valence electrons. The summed E-state index contributed by atoms with van der Waals surface area (Å²) >= 11 is 6.07. The van der Waals surface area contributed by atoms with Crippen LogP contribution in [0, 0.1) is 6.92 Å². The van der Waals surface area contributed by atoms with E-state index in [2.05, 4.69) is 17.6 Å². The first-order valence-corrected chi connectivity index (χ1v) is 8.35. The zero-order chi connectivity index (χ0) is 17.5. The minimum Gasteiger partial charge on any atom is -0.497 e. The fourth-order valence-electron chi connectivity index (χ4n) is 2.49. The van der Waals surface area contributed by atoms with Gasteiger partial charge in [-0.25, -0.2) is 0 Å². The number of anilines is 1. The van der Waals surface area contributed by atoms with Crippen LogP contribution < -0.4 is 15.4 Å². The van der Waals surface area contributed by atoms with Gasteiger partial charge in [0.15, 0.2) is 0 Å². The van der Waals surface area contributed by atoms with Gasteiger partial charge in [0, 0.05) is 16.8 Å². The Morgan fingerprint density at radius 3 is 2.54 bits per heavy atom. The van der Waals surface area contributed by atoms with Gasteiger partial charge in [-0.2, -0.15) is 0 Å². The van der Waals surface area contributed by atoms with Crippen molar-refractivity contribution in [1.29, 1.82) is 0 Å². The first-order chi connectivity index (χ1) is 11.5. The number of benzene rings is 2. The van der Waals surface area contributed by atoms with Crippen molar-refractivity contribution < 1.29 is 9.53 Å². The number of amides is 1. The molecule has 1 amide bonds. The number of nitrogens with one attached hydrogen (secondary N) is 2. The predicted octanol–water partition coefficient (Wildman–Crippen LogP) is 4.34. The van der Waals surface area contributed by atoms with Crippen molar-refractivity contribution in [3.8, 4) is 5.75 Å². The largest absolute Gasteiger partial charge is 0.497 e. The second-order valence-electron chi connectivity index (χ2n) is 5.58. The lowest BCUT2D eigenvalue weighted by atomic mass is 10.0. The van der Waals surface area contributed by atoms with E-state index in [1.54, 1.807) is 7.11 Å². The Bertz CT molecular complexity index is 686. The molecule has 0 saturated heterocycles. The fourth-order valence-corrected chi connectivity index (χ4v) is 2.66. The number of ether oxygens (including phenoxy) is 1. The SMILES string of the molecule is CCC(NCC(=O)Nc1cccc(Cl)c1C)c1ccc(OC)cc1. The maximum absolute atomic E-state index is 12.2. The molecule has 0 spiro atoms. The molecule has 1 unspecified atom stereocenters. The van der Waals surface area contributed by atoms with Gasteiger partial charge in [0.1, 0.15) is 5.75 Å². The summed E-state index contributed by atoms with van der Waals surface area (Å²) in [6, 6.07) is 13.5. The molecule has 0 aliphatic carbocycles. The number of rotatable bonds is 7. The van der Waals surface area contributed by atoms with E-state index in [1.807, 2.05) is 49.4 Å². The summed E-state index contributed by atoms with van der Waals surface area (Å²) in [5, 5.41) is 6.83. The van der Waals surface area contributed by atoms with Crippen molar-refractivity contribution in [3.63, 3.8) is 0 Å². The number of hydrogen-bond acceptors (Lipinski definition) is 3. The monoisotopic (exact) mass is 346 g/mol. The minimum absolute atomic E-state index is 0.0904. The maximum Gasteiger partial charge on any atom is 0.238 e. The van der Waals surface area contributed by atoms with Crippen LogP contribution in [0.4, 0.5) is 5.69 Å². The Morgan fingerprint density at radius 2 is 1.92 bits per heavy atom. The molecule has 2 aromatic rings. The molecule has 0 aliphatic heterocycles. The predicted molar refractivity (Wildman–Crippen MR) is 98.8 cm³/mol. The number of hydrogen-bond donors (Lipinski definition) is 2. The molecule has 4 nitrogen and oxygen atoms in total. The molecule has 0 fully saturated rings. The van der Waals surface area contributed by atoms with Gasteiger partial charge in [-0.1, -0.05) is 36.7 Å². The Kier molecular flexibility index (Phi) is 6.64. The second kappa shape index (κ2) is 8.71. The third-order valence-corrected chi connectivity index (χ3v) is 4.39. The summed E-state index contributed by atoms with van der Waals surface area (Å²) in [6.07, 6.45) is 0.885. The molecular formula is C19H23ClN2O2. The van der Waals surface area contributed by atoms with E-state index in [0.29, 0.717) is 5.02 Å². The zero-order valence-corrected chi connectivity index (χ0v) is 15.0. The molecule has 0 heterocycles. The first-order valence-electron chi connectivity index (χ1n) is 7.97.